The van der Waals surface area contributed by atoms with Crippen molar-refractivity contribution in [3.05, 3.63) is 63.0 Å². The Kier molecular flexibility index (Phi) is 4.79. The van der Waals surface area contributed by atoms with Crippen molar-refractivity contribution < 1.29 is 0 Å². The lowest BCUT2D eigenvalue weighted by molar-refractivity contribution is 0.505. The van der Waals surface area contributed by atoms with E-state index in [2.05, 4.69) is 10.1 Å². The van der Waals surface area contributed by atoms with Crippen LogP contribution in [0.1, 0.15) is 19.9 Å². The van der Waals surface area contributed by atoms with Crippen LogP contribution in [0, 0.1) is 0 Å². The Morgan fingerprint density at radius 1 is 1.08 bits per heavy atom. The molecular formula is C18H16Cl2N4O. The number of rotatable bonds is 3. The van der Waals surface area contributed by atoms with Gasteiger partial charge in [-0.2, -0.15) is 5.10 Å². The number of halogens is 2. The molecule has 2 aromatic heterocycles. The summed E-state index contributed by atoms with van der Waals surface area (Å²) in [6.45, 7) is 3.76. The van der Waals surface area contributed by atoms with Crippen molar-refractivity contribution in [2.24, 2.45) is 0 Å². The second-order valence-corrected chi connectivity index (χ2v) is 6.55. The van der Waals surface area contributed by atoms with E-state index in [4.69, 9.17) is 28.9 Å². The van der Waals surface area contributed by atoms with E-state index in [0.717, 1.165) is 5.56 Å². The molecule has 1 aromatic carbocycles. The van der Waals surface area contributed by atoms with Crippen molar-refractivity contribution in [1.82, 2.24) is 14.8 Å². The van der Waals surface area contributed by atoms with Crippen LogP contribution in [-0.4, -0.2) is 14.8 Å². The SMILES string of the molecule is CC(C)n1nc(-c2c(-c3ccccc3)nc(Cl)c(N)c2Cl)ccc1=O. The van der Waals surface area contributed by atoms with Gasteiger partial charge in [-0.25, -0.2) is 9.67 Å². The highest BCUT2D eigenvalue weighted by atomic mass is 35.5. The second-order valence-electron chi connectivity index (χ2n) is 5.82. The third-order valence-corrected chi connectivity index (χ3v) is 4.42. The van der Waals surface area contributed by atoms with E-state index in [1.54, 1.807) is 6.07 Å². The molecule has 0 aliphatic heterocycles. The Morgan fingerprint density at radius 3 is 2.40 bits per heavy atom. The molecule has 2 heterocycles. The zero-order chi connectivity index (χ0) is 18.1. The van der Waals surface area contributed by atoms with Gasteiger partial charge in [0.2, 0.25) is 0 Å². The Balaban J connectivity index is 2.34. The number of benzene rings is 1. The van der Waals surface area contributed by atoms with Crippen LogP contribution in [0.2, 0.25) is 10.2 Å². The van der Waals surface area contributed by atoms with Crippen LogP contribution in [0.25, 0.3) is 22.5 Å². The highest BCUT2D eigenvalue weighted by Crippen LogP contribution is 2.41. The fourth-order valence-electron chi connectivity index (χ4n) is 2.51. The maximum Gasteiger partial charge on any atom is 0.267 e. The molecule has 128 valence electrons. The van der Waals surface area contributed by atoms with Crippen LogP contribution in [0.5, 0.6) is 0 Å². The normalized spacial score (nSPS) is 11.1. The maximum absolute atomic E-state index is 12.0. The lowest BCUT2D eigenvalue weighted by Crippen LogP contribution is -2.24. The molecule has 0 spiro atoms. The third-order valence-electron chi connectivity index (χ3n) is 3.74. The number of pyridine rings is 1. The minimum atomic E-state index is -0.189. The Labute approximate surface area is 155 Å². The molecule has 0 bridgehead atoms. The molecule has 0 radical (unpaired) electrons. The molecule has 0 aliphatic carbocycles. The van der Waals surface area contributed by atoms with Gasteiger partial charge in [-0.15, -0.1) is 0 Å². The molecule has 2 N–H and O–H groups in total. The van der Waals surface area contributed by atoms with E-state index in [1.807, 2.05) is 44.2 Å². The fourth-order valence-corrected chi connectivity index (χ4v) is 3.01. The van der Waals surface area contributed by atoms with Gasteiger partial charge < -0.3 is 5.73 Å². The minimum absolute atomic E-state index is 0.0935. The number of nitrogens with two attached hydrogens (primary N) is 1. The summed E-state index contributed by atoms with van der Waals surface area (Å²) in [7, 11) is 0. The van der Waals surface area contributed by atoms with E-state index >= 15 is 0 Å². The standard InChI is InChI=1S/C18H16Cl2N4O/c1-10(2)24-13(25)9-8-12(23-24)14-15(19)16(21)18(20)22-17(14)11-6-4-3-5-7-11/h3-10H,21H2,1-2H3. The fraction of sp³-hybridized carbons (Fsp3) is 0.167. The predicted octanol–water partition coefficient (Wildman–Crippen LogP) is 4.44. The van der Waals surface area contributed by atoms with Gasteiger partial charge in [-0.05, 0) is 19.9 Å². The molecule has 3 rings (SSSR count). The van der Waals surface area contributed by atoms with Gasteiger partial charge in [0, 0.05) is 17.2 Å². The van der Waals surface area contributed by atoms with Gasteiger partial charge in [-0.3, -0.25) is 4.79 Å². The average molecular weight is 375 g/mol. The first kappa shape index (κ1) is 17.5. The molecule has 7 heteroatoms. The first-order valence-corrected chi connectivity index (χ1v) is 8.46. The third kappa shape index (κ3) is 3.25. The Morgan fingerprint density at radius 2 is 1.76 bits per heavy atom. The van der Waals surface area contributed by atoms with Crippen molar-refractivity contribution in [1.29, 1.82) is 0 Å². The summed E-state index contributed by atoms with van der Waals surface area (Å²) < 4.78 is 1.39. The van der Waals surface area contributed by atoms with E-state index in [1.165, 1.54) is 10.7 Å². The summed E-state index contributed by atoms with van der Waals surface area (Å²) in [5.74, 6) is 0. The van der Waals surface area contributed by atoms with Crippen molar-refractivity contribution in [3.8, 4) is 22.5 Å². The Bertz CT molecular complexity index is 984. The van der Waals surface area contributed by atoms with Gasteiger partial charge in [0.15, 0.2) is 5.15 Å². The van der Waals surface area contributed by atoms with Gasteiger partial charge in [0.1, 0.15) is 0 Å². The smallest absolute Gasteiger partial charge is 0.267 e. The highest BCUT2D eigenvalue weighted by molar-refractivity contribution is 6.40. The topological polar surface area (TPSA) is 73.8 Å². The molecule has 0 saturated carbocycles. The zero-order valence-electron chi connectivity index (χ0n) is 13.7. The van der Waals surface area contributed by atoms with Crippen LogP contribution >= 0.6 is 23.2 Å². The van der Waals surface area contributed by atoms with Crippen molar-refractivity contribution >= 4 is 28.9 Å². The molecule has 3 aromatic rings. The van der Waals surface area contributed by atoms with Crippen LogP contribution in [0.15, 0.2) is 47.3 Å². The van der Waals surface area contributed by atoms with Gasteiger partial charge in [0.25, 0.3) is 5.56 Å². The van der Waals surface area contributed by atoms with Crippen molar-refractivity contribution in [2.45, 2.75) is 19.9 Å². The van der Waals surface area contributed by atoms with Crippen LogP contribution in [-0.2, 0) is 0 Å². The van der Waals surface area contributed by atoms with E-state index in [-0.39, 0.29) is 27.5 Å². The maximum atomic E-state index is 12.0. The summed E-state index contributed by atoms with van der Waals surface area (Å²) in [5, 5.41) is 4.83. The van der Waals surface area contributed by atoms with Gasteiger partial charge in [0.05, 0.1) is 28.1 Å². The van der Waals surface area contributed by atoms with Gasteiger partial charge in [-0.1, -0.05) is 53.5 Å². The number of nitrogen functional groups attached to an aromatic ring is 1. The molecule has 0 unspecified atom stereocenters. The molecule has 0 amide bonds. The van der Waals surface area contributed by atoms with E-state index < -0.39 is 0 Å². The number of hydrogen-bond donors (Lipinski definition) is 1. The molecule has 5 nitrogen and oxygen atoms in total. The Hall–Kier alpha value is -2.37. The minimum Gasteiger partial charge on any atom is -0.395 e. The highest BCUT2D eigenvalue weighted by Gasteiger charge is 2.20. The molecule has 0 atom stereocenters. The van der Waals surface area contributed by atoms with Crippen molar-refractivity contribution in [2.75, 3.05) is 5.73 Å². The molecule has 0 saturated heterocycles. The summed E-state index contributed by atoms with van der Waals surface area (Å²) >= 11 is 12.6. The van der Waals surface area contributed by atoms with Crippen LogP contribution in [0.3, 0.4) is 0 Å². The molecule has 0 aliphatic rings. The largest absolute Gasteiger partial charge is 0.395 e. The zero-order valence-corrected chi connectivity index (χ0v) is 15.2. The van der Waals surface area contributed by atoms with Crippen LogP contribution in [0.4, 0.5) is 5.69 Å². The van der Waals surface area contributed by atoms with E-state index in [0.29, 0.717) is 17.0 Å². The van der Waals surface area contributed by atoms with Crippen LogP contribution < -0.4 is 11.3 Å². The number of hydrogen-bond acceptors (Lipinski definition) is 4. The number of anilines is 1. The second kappa shape index (κ2) is 6.86. The summed E-state index contributed by atoms with van der Waals surface area (Å²) in [6, 6.07) is 12.5. The molecular weight excluding hydrogens is 359 g/mol. The average Bonchev–Trinajstić information content (AvgIpc) is 2.60. The summed E-state index contributed by atoms with van der Waals surface area (Å²) in [4.78, 5) is 16.4. The monoisotopic (exact) mass is 374 g/mol. The summed E-state index contributed by atoms with van der Waals surface area (Å²) in [5.41, 5.74) is 8.40. The lowest BCUT2D eigenvalue weighted by atomic mass is 10.0. The van der Waals surface area contributed by atoms with E-state index in [9.17, 15) is 4.79 Å². The quantitative estimate of drug-likeness (QED) is 0.687. The number of nitrogens with zero attached hydrogens (tertiary/aromatic N) is 3. The van der Waals surface area contributed by atoms with Gasteiger partial charge >= 0.3 is 0 Å². The molecule has 25 heavy (non-hydrogen) atoms. The first-order valence-electron chi connectivity index (χ1n) is 7.70. The van der Waals surface area contributed by atoms with Crippen molar-refractivity contribution in [3.63, 3.8) is 0 Å². The number of aromatic nitrogens is 3. The first-order chi connectivity index (χ1) is 11.9. The predicted molar refractivity (Wildman–Crippen MR) is 102 cm³/mol. The lowest BCUT2D eigenvalue weighted by Gasteiger charge is -2.15. The molecule has 0 fully saturated rings. The summed E-state index contributed by atoms with van der Waals surface area (Å²) in [6.07, 6.45) is 0.